The molecular weight excluding hydrogens is 326 g/mol. The van der Waals surface area contributed by atoms with E-state index in [-0.39, 0.29) is 6.04 Å². The lowest BCUT2D eigenvalue weighted by Gasteiger charge is -2.31. The molecule has 6 nitrogen and oxygen atoms in total. The van der Waals surface area contributed by atoms with Gasteiger partial charge in [0.2, 0.25) is 5.89 Å². The van der Waals surface area contributed by atoms with Gasteiger partial charge < -0.3 is 20.4 Å². The summed E-state index contributed by atoms with van der Waals surface area (Å²) in [6, 6.07) is 10.3. The van der Waals surface area contributed by atoms with Gasteiger partial charge >= 0.3 is 6.01 Å². The summed E-state index contributed by atoms with van der Waals surface area (Å²) in [5.74, 6) is 1.16. The molecule has 1 aromatic carbocycles. The van der Waals surface area contributed by atoms with Crippen LogP contribution in [0, 0.1) is 5.92 Å². The van der Waals surface area contributed by atoms with Crippen LogP contribution in [0.5, 0.6) is 0 Å². The minimum Gasteiger partial charge on any atom is -0.406 e. The van der Waals surface area contributed by atoms with E-state index in [1.54, 1.807) is 0 Å². The van der Waals surface area contributed by atoms with Crippen LogP contribution in [0.4, 0.5) is 6.01 Å². The zero-order chi connectivity index (χ0) is 18.2. The molecule has 2 aromatic rings. The number of hydrogen-bond acceptors (Lipinski definition) is 6. The average molecular weight is 358 g/mol. The Bertz CT molecular complexity index is 637. The van der Waals surface area contributed by atoms with Gasteiger partial charge in [-0.3, -0.25) is 0 Å². The van der Waals surface area contributed by atoms with Crippen molar-refractivity contribution in [1.82, 2.24) is 15.1 Å². The summed E-state index contributed by atoms with van der Waals surface area (Å²) in [7, 11) is 0. The number of piperidine rings is 1. The maximum Gasteiger partial charge on any atom is 0.315 e. The van der Waals surface area contributed by atoms with E-state index in [2.05, 4.69) is 39.5 Å². The Kier molecular flexibility index (Phi) is 7.03. The molecule has 0 saturated carbocycles. The number of nitrogens with two attached hydrogens (primary N) is 1. The minimum absolute atomic E-state index is 0.276. The topological polar surface area (TPSA) is 80.2 Å². The first kappa shape index (κ1) is 18.9. The van der Waals surface area contributed by atoms with Crippen molar-refractivity contribution in [2.45, 2.75) is 45.1 Å². The van der Waals surface area contributed by atoms with Crippen molar-refractivity contribution in [2.24, 2.45) is 11.7 Å². The SMILES string of the molecule is CCCCN1CCC(CNc2nnc([C@H](N)Cc3ccccc3)o2)CC1. The fourth-order valence-corrected chi connectivity index (χ4v) is 3.44. The molecular formula is C20H31N5O. The van der Waals surface area contributed by atoms with Crippen molar-refractivity contribution in [3.8, 4) is 0 Å². The molecule has 1 fully saturated rings. The molecule has 3 N–H and O–H groups in total. The second kappa shape index (κ2) is 9.69. The number of unbranched alkanes of at least 4 members (excludes halogenated alkanes) is 1. The number of aromatic nitrogens is 2. The third-order valence-corrected chi connectivity index (χ3v) is 5.13. The monoisotopic (exact) mass is 357 g/mol. The lowest BCUT2D eigenvalue weighted by Crippen LogP contribution is -2.36. The number of likely N-dealkylation sites (tertiary alicyclic amines) is 1. The maximum atomic E-state index is 6.20. The normalized spacial score (nSPS) is 17.3. The minimum atomic E-state index is -0.276. The molecule has 26 heavy (non-hydrogen) atoms. The number of nitrogens with zero attached hydrogens (tertiary/aromatic N) is 3. The van der Waals surface area contributed by atoms with E-state index in [9.17, 15) is 0 Å². The van der Waals surface area contributed by atoms with Crippen LogP contribution >= 0.6 is 0 Å². The van der Waals surface area contributed by atoms with Gasteiger partial charge in [-0.1, -0.05) is 48.8 Å². The van der Waals surface area contributed by atoms with Crippen molar-refractivity contribution >= 4 is 6.01 Å². The Morgan fingerprint density at radius 1 is 1.23 bits per heavy atom. The van der Waals surface area contributed by atoms with Crippen molar-refractivity contribution < 1.29 is 4.42 Å². The summed E-state index contributed by atoms with van der Waals surface area (Å²) in [6.45, 7) is 6.77. The Balaban J connectivity index is 1.41. The summed E-state index contributed by atoms with van der Waals surface area (Å²) in [6.07, 6.45) is 5.72. The van der Waals surface area contributed by atoms with Gasteiger partial charge in [0, 0.05) is 6.54 Å². The van der Waals surface area contributed by atoms with E-state index in [4.69, 9.17) is 10.2 Å². The number of anilines is 1. The van der Waals surface area contributed by atoms with E-state index in [1.807, 2.05) is 18.2 Å². The van der Waals surface area contributed by atoms with Crippen LogP contribution in [0.1, 0.15) is 50.1 Å². The van der Waals surface area contributed by atoms with Gasteiger partial charge in [-0.05, 0) is 56.8 Å². The molecule has 1 aromatic heterocycles. The van der Waals surface area contributed by atoms with Gasteiger partial charge in [0.1, 0.15) is 0 Å². The number of rotatable bonds is 9. The number of hydrogen-bond donors (Lipinski definition) is 2. The highest BCUT2D eigenvalue weighted by Gasteiger charge is 2.20. The standard InChI is InChI=1S/C20H31N5O/c1-2-3-11-25-12-9-17(10-13-25)15-22-20-24-23-19(26-20)18(21)14-16-7-5-4-6-8-16/h4-8,17-18H,2-3,9-15,21H2,1H3,(H,22,24)/t18-/m1/s1. The molecule has 0 bridgehead atoms. The van der Waals surface area contributed by atoms with Crippen LogP contribution in [0.25, 0.3) is 0 Å². The molecule has 1 atom stereocenters. The molecule has 142 valence electrons. The van der Waals surface area contributed by atoms with Gasteiger partial charge in [-0.2, -0.15) is 0 Å². The van der Waals surface area contributed by atoms with Crippen LogP contribution in [-0.4, -0.2) is 41.3 Å². The van der Waals surface area contributed by atoms with Crippen molar-refractivity contribution in [3.05, 3.63) is 41.8 Å². The highest BCUT2D eigenvalue weighted by Crippen LogP contribution is 2.20. The lowest BCUT2D eigenvalue weighted by molar-refractivity contribution is 0.187. The molecule has 1 aliphatic rings. The zero-order valence-corrected chi connectivity index (χ0v) is 15.7. The quantitative estimate of drug-likeness (QED) is 0.717. The summed E-state index contributed by atoms with van der Waals surface area (Å²) in [5, 5.41) is 11.5. The van der Waals surface area contributed by atoms with Crippen LogP contribution < -0.4 is 11.1 Å². The first-order chi connectivity index (χ1) is 12.7. The Hall–Kier alpha value is -1.92. The maximum absolute atomic E-state index is 6.20. The molecule has 0 radical (unpaired) electrons. The number of nitrogens with one attached hydrogen (secondary N) is 1. The van der Waals surface area contributed by atoms with Gasteiger partial charge in [-0.15, -0.1) is 5.10 Å². The second-order valence-electron chi connectivity index (χ2n) is 7.26. The van der Waals surface area contributed by atoms with Crippen LogP contribution in [0.15, 0.2) is 34.7 Å². The van der Waals surface area contributed by atoms with Crippen molar-refractivity contribution in [1.29, 1.82) is 0 Å². The molecule has 6 heteroatoms. The van der Waals surface area contributed by atoms with Crippen molar-refractivity contribution in [3.63, 3.8) is 0 Å². The molecule has 0 aliphatic carbocycles. The van der Waals surface area contributed by atoms with E-state index in [0.29, 0.717) is 24.2 Å². The third-order valence-electron chi connectivity index (χ3n) is 5.13. The summed E-state index contributed by atoms with van der Waals surface area (Å²) >= 11 is 0. The third kappa shape index (κ3) is 5.54. The lowest BCUT2D eigenvalue weighted by atomic mass is 9.97. The fraction of sp³-hybridized carbons (Fsp3) is 0.600. The van der Waals surface area contributed by atoms with Gasteiger partial charge in [0.05, 0.1) is 6.04 Å². The molecule has 0 spiro atoms. The van der Waals surface area contributed by atoms with Crippen molar-refractivity contribution in [2.75, 3.05) is 31.5 Å². The summed E-state index contributed by atoms with van der Waals surface area (Å²) < 4.78 is 5.71. The van der Waals surface area contributed by atoms with Crippen LogP contribution in [-0.2, 0) is 6.42 Å². The van der Waals surface area contributed by atoms with Crippen LogP contribution in [0.3, 0.4) is 0 Å². The molecule has 1 aliphatic heterocycles. The average Bonchev–Trinajstić information content (AvgIpc) is 3.15. The summed E-state index contributed by atoms with van der Waals surface area (Å²) in [5.41, 5.74) is 7.37. The van der Waals surface area contributed by atoms with Gasteiger partial charge in [0.15, 0.2) is 0 Å². The molecule has 0 amide bonds. The van der Waals surface area contributed by atoms with E-state index >= 15 is 0 Å². The molecule has 3 rings (SSSR count). The predicted octanol–water partition coefficient (Wildman–Crippen LogP) is 3.24. The first-order valence-electron chi connectivity index (χ1n) is 9.83. The largest absolute Gasteiger partial charge is 0.406 e. The van der Waals surface area contributed by atoms with Gasteiger partial charge in [-0.25, -0.2) is 0 Å². The Labute approximate surface area is 156 Å². The Morgan fingerprint density at radius 2 is 2.00 bits per heavy atom. The summed E-state index contributed by atoms with van der Waals surface area (Å²) in [4.78, 5) is 2.58. The van der Waals surface area contributed by atoms with E-state index in [0.717, 1.165) is 6.54 Å². The van der Waals surface area contributed by atoms with Crippen LogP contribution in [0.2, 0.25) is 0 Å². The molecule has 1 saturated heterocycles. The van der Waals surface area contributed by atoms with E-state index in [1.165, 1.54) is 50.9 Å². The smallest absolute Gasteiger partial charge is 0.315 e. The molecule has 0 unspecified atom stereocenters. The van der Waals surface area contributed by atoms with E-state index < -0.39 is 0 Å². The zero-order valence-electron chi connectivity index (χ0n) is 15.7. The highest BCUT2D eigenvalue weighted by atomic mass is 16.4. The fourth-order valence-electron chi connectivity index (χ4n) is 3.44. The first-order valence-corrected chi connectivity index (χ1v) is 9.83. The van der Waals surface area contributed by atoms with Gasteiger partial charge in [0.25, 0.3) is 0 Å². The Morgan fingerprint density at radius 3 is 2.73 bits per heavy atom. The second-order valence-corrected chi connectivity index (χ2v) is 7.26. The number of benzene rings is 1. The molecule has 2 heterocycles. The predicted molar refractivity (Wildman–Crippen MR) is 104 cm³/mol. The highest BCUT2D eigenvalue weighted by molar-refractivity contribution is 5.20.